The fraction of sp³-hybridized carbons (Fsp3) is 0.154. The monoisotopic (exact) mass is 278 g/mol. The lowest BCUT2D eigenvalue weighted by atomic mass is 10.1. The molecule has 2 aromatic rings. The molecule has 0 spiro atoms. The Balaban J connectivity index is 2.36. The summed E-state index contributed by atoms with van der Waals surface area (Å²) >= 11 is 5.77. The van der Waals surface area contributed by atoms with Crippen LogP contribution in [0.3, 0.4) is 0 Å². The molecule has 0 bridgehead atoms. The first-order valence-corrected chi connectivity index (χ1v) is 5.91. The highest BCUT2D eigenvalue weighted by Gasteiger charge is 2.14. The second kappa shape index (κ2) is 5.24. The first-order chi connectivity index (χ1) is 8.97. The summed E-state index contributed by atoms with van der Waals surface area (Å²) in [5, 5.41) is 11.2. The number of ether oxygens (including phenoxy) is 1. The van der Waals surface area contributed by atoms with Crippen LogP contribution in [0.5, 0.6) is 11.6 Å². The largest absolute Gasteiger partial charge is 0.439 e. The molecule has 1 heterocycles. The Hall–Kier alpha value is -2.14. The molecule has 0 saturated carbocycles. The van der Waals surface area contributed by atoms with Crippen molar-refractivity contribution in [2.24, 2.45) is 0 Å². The number of aryl methyl sites for hydroxylation is 2. The van der Waals surface area contributed by atoms with Gasteiger partial charge in [0.2, 0.25) is 5.88 Å². The first kappa shape index (κ1) is 13.3. The number of hydrogen-bond donors (Lipinski definition) is 0. The minimum absolute atomic E-state index is 0.0731. The highest BCUT2D eigenvalue weighted by atomic mass is 35.5. The van der Waals surface area contributed by atoms with Crippen molar-refractivity contribution in [1.29, 1.82) is 0 Å². The molecular formula is C13H11ClN2O3. The van der Waals surface area contributed by atoms with Crippen molar-refractivity contribution >= 4 is 17.3 Å². The van der Waals surface area contributed by atoms with Crippen LogP contribution >= 0.6 is 11.6 Å². The van der Waals surface area contributed by atoms with Gasteiger partial charge in [0.25, 0.3) is 5.69 Å². The molecule has 0 amide bonds. The molecule has 0 aliphatic carbocycles. The van der Waals surface area contributed by atoms with Crippen molar-refractivity contribution in [2.45, 2.75) is 13.8 Å². The van der Waals surface area contributed by atoms with Crippen molar-refractivity contribution in [2.75, 3.05) is 0 Å². The van der Waals surface area contributed by atoms with Crippen molar-refractivity contribution in [3.8, 4) is 11.6 Å². The smallest absolute Gasteiger partial charge is 0.272 e. The summed E-state index contributed by atoms with van der Waals surface area (Å²) < 4.78 is 5.59. The van der Waals surface area contributed by atoms with Crippen LogP contribution in [0.1, 0.15) is 11.1 Å². The minimum Gasteiger partial charge on any atom is -0.439 e. The number of rotatable bonds is 3. The Morgan fingerprint density at radius 2 is 2.00 bits per heavy atom. The lowest BCUT2D eigenvalue weighted by molar-refractivity contribution is -0.385. The number of hydrogen-bond acceptors (Lipinski definition) is 4. The minimum atomic E-state index is -0.413. The molecule has 0 fully saturated rings. The zero-order valence-electron chi connectivity index (χ0n) is 10.4. The van der Waals surface area contributed by atoms with Gasteiger partial charge in [-0.2, -0.15) is 0 Å². The van der Waals surface area contributed by atoms with E-state index in [-0.39, 0.29) is 5.69 Å². The summed E-state index contributed by atoms with van der Waals surface area (Å²) in [7, 11) is 0. The van der Waals surface area contributed by atoms with Crippen LogP contribution < -0.4 is 4.74 Å². The highest BCUT2D eigenvalue weighted by molar-refractivity contribution is 6.29. The van der Waals surface area contributed by atoms with E-state index in [1.807, 2.05) is 0 Å². The van der Waals surface area contributed by atoms with Gasteiger partial charge in [0, 0.05) is 17.7 Å². The molecule has 1 aromatic carbocycles. The average molecular weight is 279 g/mol. The molecule has 5 nitrogen and oxygen atoms in total. The van der Waals surface area contributed by atoms with Crippen molar-refractivity contribution in [3.05, 3.63) is 56.7 Å². The molecule has 1 aromatic heterocycles. The Morgan fingerprint density at radius 3 is 2.63 bits per heavy atom. The summed E-state index contributed by atoms with van der Waals surface area (Å²) in [6, 6.07) is 8.13. The number of aromatic nitrogens is 1. The predicted octanol–water partition coefficient (Wildman–Crippen LogP) is 4.05. The number of halogens is 1. The highest BCUT2D eigenvalue weighted by Crippen LogP contribution is 2.30. The molecule has 0 saturated heterocycles. The number of nitrogens with zero attached hydrogens (tertiary/aromatic N) is 2. The van der Waals surface area contributed by atoms with Crippen LogP contribution in [0, 0.1) is 24.0 Å². The lowest BCUT2D eigenvalue weighted by Crippen LogP contribution is -1.96. The fourth-order valence-corrected chi connectivity index (χ4v) is 1.80. The van der Waals surface area contributed by atoms with E-state index in [1.54, 1.807) is 38.1 Å². The van der Waals surface area contributed by atoms with Gasteiger partial charge in [-0.3, -0.25) is 10.1 Å². The Morgan fingerprint density at radius 1 is 1.26 bits per heavy atom. The van der Waals surface area contributed by atoms with Crippen LogP contribution in [-0.4, -0.2) is 9.91 Å². The van der Waals surface area contributed by atoms with Gasteiger partial charge < -0.3 is 4.74 Å². The summed E-state index contributed by atoms with van der Waals surface area (Å²) in [4.78, 5) is 14.4. The van der Waals surface area contributed by atoms with Gasteiger partial charge in [0.15, 0.2) is 0 Å². The standard InChI is InChI=1S/C13H11ClN2O3/c1-8-7-11(9(2)6-10(8)16(17)18)19-13-5-3-4-12(14)15-13/h3-7H,1-2H3. The lowest BCUT2D eigenvalue weighted by Gasteiger charge is -2.09. The normalized spacial score (nSPS) is 10.3. The molecule has 0 radical (unpaired) electrons. The molecular weight excluding hydrogens is 268 g/mol. The van der Waals surface area contributed by atoms with E-state index in [0.717, 1.165) is 0 Å². The van der Waals surface area contributed by atoms with Crippen LogP contribution in [0.4, 0.5) is 5.69 Å². The Kier molecular flexibility index (Phi) is 3.66. The zero-order chi connectivity index (χ0) is 14.0. The van der Waals surface area contributed by atoms with E-state index < -0.39 is 4.92 Å². The summed E-state index contributed by atoms with van der Waals surface area (Å²) in [5.41, 5.74) is 1.27. The Labute approximate surface area is 115 Å². The van der Waals surface area contributed by atoms with Crippen LogP contribution in [0.2, 0.25) is 5.15 Å². The number of nitro benzene ring substituents is 1. The zero-order valence-corrected chi connectivity index (χ0v) is 11.1. The maximum atomic E-state index is 10.8. The van der Waals surface area contributed by atoms with E-state index in [9.17, 15) is 10.1 Å². The SMILES string of the molecule is Cc1cc([N+](=O)[O-])c(C)cc1Oc1cccc(Cl)n1. The van der Waals surface area contributed by atoms with E-state index in [0.29, 0.717) is 27.9 Å². The number of nitro groups is 1. The van der Waals surface area contributed by atoms with Gasteiger partial charge in [-0.1, -0.05) is 17.7 Å². The molecule has 0 atom stereocenters. The molecule has 0 aliphatic heterocycles. The molecule has 6 heteroatoms. The molecule has 98 valence electrons. The van der Waals surface area contributed by atoms with Crippen LogP contribution in [0.15, 0.2) is 30.3 Å². The van der Waals surface area contributed by atoms with Gasteiger partial charge in [-0.15, -0.1) is 0 Å². The van der Waals surface area contributed by atoms with Crippen LogP contribution in [-0.2, 0) is 0 Å². The maximum Gasteiger partial charge on any atom is 0.272 e. The molecule has 0 unspecified atom stereocenters. The Bertz CT molecular complexity index is 644. The van der Waals surface area contributed by atoms with Crippen molar-refractivity contribution in [1.82, 2.24) is 4.98 Å². The molecule has 19 heavy (non-hydrogen) atoms. The fourth-order valence-electron chi connectivity index (χ4n) is 1.64. The quantitative estimate of drug-likeness (QED) is 0.482. The number of benzene rings is 1. The average Bonchev–Trinajstić information content (AvgIpc) is 2.33. The van der Waals surface area contributed by atoms with E-state index in [4.69, 9.17) is 16.3 Å². The van der Waals surface area contributed by atoms with Gasteiger partial charge in [-0.25, -0.2) is 4.98 Å². The van der Waals surface area contributed by atoms with Gasteiger partial charge in [0.1, 0.15) is 10.9 Å². The number of pyridine rings is 1. The van der Waals surface area contributed by atoms with Gasteiger partial charge >= 0.3 is 0 Å². The molecule has 2 rings (SSSR count). The van der Waals surface area contributed by atoms with Gasteiger partial charge in [0.05, 0.1) is 4.92 Å². The first-order valence-electron chi connectivity index (χ1n) is 5.53. The van der Waals surface area contributed by atoms with Crippen molar-refractivity contribution < 1.29 is 9.66 Å². The second-order valence-electron chi connectivity index (χ2n) is 4.06. The summed E-state index contributed by atoms with van der Waals surface area (Å²) in [5.74, 6) is 0.877. The third-order valence-electron chi connectivity index (χ3n) is 2.59. The van der Waals surface area contributed by atoms with E-state index >= 15 is 0 Å². The third kappa shape index (κ3) is 3.00. The van der Waals surface area contributed by atoms with E-state index in [2.05, 4.69) is 4.98 Å². The van der Waals surface area contributed by atoms with Crippen LogP contribution in [0.25, 0.3) is 0 Å². The predicted molar refractivity (Wildman–Crippen MR) is 71.9 cm³/mol. The topological polar surface area (TPSA) is 65.3 Å². The second-order valence-corrected chi connectivity index (χ2v) is 4.45. The van der Waals surface area contributed by atoms with Crippen molar-refractivity contribution in [3.63, 3.8) is 0 Å². The summed E-state index contributed by atoms with van der Waals surface area (Å²) in [6.07, 6.45) is 0. The summed E-state index contributed by atoms with van der Waals surface area (Å²) in [6.45, 7) is 3.40. The molecule has 0 aliphatic rings. The third-order valence-corrected chi connectivity index (χ3v) is 2.80. The van der Waals surface area contributed by atoms with E-state index in [1.165, 1.54) is 6.07 Å². The van der Waals surface area contributed by atoms with Gasteiger partial charge in [-0.05, 0) is 31.5 Å². The maximum absolute atomic E-state index is 10.8. The molecule has 0 N–H and O–H groups in total.